The van der Waals surface area contributed by atoms with Crippen LogP contribution in [0.1, 0.15) is 5.82 Å². The van der Waals surface area contributed by atoms with Gasteiger partial charge in [-0.3, -0.25) is 0 Å². The standard InChI is InChI=1S/C17H12ClN7O3/c18-11-3-1-4-12(9-11)20-14-6-7-15-21-22-16(24(15)23-14)10-28-13-5-2-8-19-17(13)25(26)27/h1-9H,10H2,(H,20,23). The number of nitrogens with one attached hydrogen (secondary N) is 1. The number of hydrogen-bond donors (Lipinski definition) is 1. The first-order valence-corrected chi connectivity index (χ1v) is 8.44. The first kappa shape index (κ1) is 17.6. The van der Waals surface area contributed by atoms with Crippen molar-refractivity contribution in [3.63, 3.8) is 0 Å². The van der Waals surface area contributed by atoms with E-state index < -0.39 is 4.92 Å². The highest BCUT2D eigenvalue weighted by molar-refractivity contribution is 6.30. The predicted molar refractivity (Wildman–Crippen MR) is 101 cm³/mol. The van der Waals surface area contributed by atoms with E-state index in [1.54, 1.807) is 30.3 Å². The molecule has 0 aliphatic heterocycles. The quantitative estimate of drug-likeness (QED) is 0.388. The Labute approximate surface area is 162 Å². The second kappa shape index (κ2) is 7.45. The molecule has 0 radical (unpaired) electrons. The Morgan fingerprint density at radius 1 is 1.18 bits per heavy atom. The number of nitro groups is 1. The zero-order chi connectivity index (χ0) is 19.5. The van der Waals surface area contributed by atoms with E-state index in [0.29, 0.717) is 22.3 Å². The van der Waals surface area contributed by atoms with Crippen LogP contribution in [0.15, 0.2) is 54.7 Å². The van der Waals surface area contributed by atoms with Crippen molar-refractivity contribution in [1.29, 1.82) is 0 Å². The van der Waals surface area contributed by atoms with Gasteiger partial charge in [0.15, 0.2) is 23.9 Å². The molecule has 140 valence electrons. The van der Waals surface area contributed by atoms with E-state index in [0.717, 1.165) is 5.69 Å². The molecule has 0 aliphatic carbocycles. The molecule has 0 unspecified atom stereocenters. The molecular weight excluding hydrogens is 386 g/mol. The van der Waals surface area contributed by atoms with Gasteiger partial charge in [0.25, 0.3) is 0 Å². The van der Waals surface area contributed by atoms with Gasteiger partial charge in [0.1, 0.15) is 6.20 Å². The van der Waals surface area contributed by atoms with Crippen molar-refractivity contribution < 1.29 is 9.66 Å². The number of fused-ring (bicyclic) bond motifs is 1. The van der Waals surface area contributed by atoms with E-state index in [9.17, 15) is 10.1 Å². The fourth-order valence-electron chi connectivity index (χ4n) is 2.48. The van der Waals surface area contributed by atoms with Gasteiger partial charge in [-0.15, -0.1) is 15.3 Å². The van der Waals surface area contributed by atoms with Crippen molar-refractivity contribution in [2.75, 3.05) is 5.32 Å². The topological polar surface area (TPSA) is 120 Å². The van der Waals surface area contributed by atoms with Gasteiger partial charge in [-0.1, -0.05) is 17.7 Å². The van der Waals surface area contributed by atoms with Crippen molar-refractivity contribution in [1.82, 2.24) is 24.8 Å². The van der Waals surface area contributed by atoms with Gasteiger partial charge >= 0.3 is 5.82 Å². The molecule has 0 saturated heterocycles. The minimum absolute atomic E-state index is 0.0393. The molecule has 0 fully saturated rings. The number of aromatic nitrogens is 5. The van der Waals surface area contributed by atoms with E-state index in [-0.39, 0.29) is 18.2 Å². The van der Waals surface area contributed by atoms with Gasteiger partial charge in [-0.05, 0) is 52.4 Å². The lowest BCUT2D eigenvalue weighted by Crippen LogP contribution is -2.07. The van der Waals surface area contributed by atoms with E-state index in [4.69, 9.17) is 16.3 Å². The Hall–Kier alpha value is -3.79. The fraction of sp³-hybridized carbons (Fsp3) is 0.0588. The van der Waals surface area contributed by atoms with Gasteiger partial charge < -0.3 is 20.2 Å². The Bertz CT molecular complexity index is 1160. The summed E-state index contributed by atoms with van der Waals surface area (Å²) in [4.78, 5) is 14.1. The Morgan fingerprint density at radius 2 is 2.07 bits per heavy atom. The van der Waals surface area contributed by atoms with Gasteiger partial charge in [0, 0.05) is 10.7 Å². The lowest BCUT2D eigenvalue weighted by molar-refractivity contribution is -0.390. The number of rotatable bonds is 6. The highest BCUT2D eigenvalue weighted by Crippen LogP contribution is 2.24. The summed E-state index contributed by atoms with van der Waals surface area (Å²) in [6.07, 6.45) is 1.33. The first-order valence-electron chi connectivity index (χ1n) is 8.06. The molecule has 4 aromatic rings. The third kappa shape index (κ3) is 3.67. The zero-order valence-corrected chi connectivity index (χ0v) is 14.9. The maximum atomic E-state index is 11.0. The third-order valence-electron chi connectivity index (χ3n) is 3.70. The number of hydrogen-bond acceptors (Lipinski definition) is 8. The molecular formula is C17H12ClN7O3. The average Bonchev–Trinajstić information content (AvgIpc) is 3.09. The zero-order valence-electron chi connectivity index (χ0n) is 14.2. The van der Waals surface area contributed by atoms with Crippen LogP contribution in [0.2, 0.25) is 5.02 Å². The number of nitrogens with zero attached hydrogens (tertiary/aromatic N) is 6. The van der Waals surface area contributed by atoms with Crippen LogP contribution in [-0.4, -0.2) is 29.7 Å². The molecule has 0 aliphatic rings. The van der Waals surface area contributed by atoms with Gasteiger partial charge in [-0.2, -0.15) is 4.52 Å². The molecule has 0 amide bonds. The van der Waals surface area contributed by atoms with Crippen LogP contribution in [0.5, 0.6) is 5.75 Å². The van der Waals surface area contributed by atoms with E-state index in [1.165, 1.54) is 16.8 Å². The summed E-state index contributed by atoms with van der Waals surface area (Å²) in [5, 5.41) is 27.3. The summed E-state index contributed by atoms with van der Waals surface area (Å²) in [5.41, 5.74) is 1.28. The number of halogens is 1. The van der Waals surface area contributed by atoms with Crippen LogP contribution in [0.4, 0.5) is 17.3 Å². The highest BCUT2D eigenvalue weighted by Gasteiger charge is 2.17. The summed E-state index contributed by atoms with van der Waals surface area (Å²) in [6, 6.07) is 13.7. The summed E-state index contributed by atoms with van der Waals surface area (Å²) in [6.45, 7) is -0.0681. The van der Waals surface area contributed by atoms with Gasteiger partial charge in [-0.25, -0.2) is 0 Å². The van der Waals surface area contributed by atoms with Crippen LogP contribution >= 0.6 is 11.6 Å². The van der Waals surface area contributed by atoms with E-state index in [1.807, 2.05) is 12.1 Å². The van der Waals surface area contributed by atoms with Gasteiger partial charge in [0.2, 0.25) is 5.75 Å². The average molecular weight is 398 g/mol. The van der Waals surface area contributed by atoms with Crippen molar-refractivity contribution in [2.45, 2.75) is 6.61 Å². The number of ether oxygens (including phenoxy) is 1. The SMILES string of the molecule is O=[N+]([O-])c1ncccc1OCc1nnc2ccc(Nc3cccc(Cl)c3)nn12. The largest absolute Gasteiger partial charge is 0.477 e. The molecule has 0 spiro atoms. The van der Waals surface area contributed by atoms with Crippen molar-refractivity contribution >= 4 is 34.6 Å². The summed E-state index contributed by atoms with van der Waals surface area (Å²) in [7, 11) is 0. The summed E-state index contributed by atoms with van der Waals surface area (Å²) in [5.74, 6) is 0.594. The molecule has 0 atom stereocenters. The minimum atomic E-state index is -0.609. The summed E-state index contributed by atoms with van der Waals surface area (Å²) >= 11 is 5.99. The molecule has 4 rings (SSSR count). The second-order valence-electron chi connectivity index (χ2n) is 5.61. The molecule has 3 heterocycles. The number of pyridine rings is 1. The molecule has 1 aromatic carbocycles. The van der Waals surface area contributed by atoms with Crippen molar-refractivity contribution in [3.05, 3.63) is 75.7 Å². The second-order valence-corrected chi connectivity index (χ2v) is 6.05. The van der Waals surface area contributed by atoms with E-state index in [2.05, 4.69) is 25.6 Å². The van der Waals surface area contributed by atoms with Crippen LogP contribution in [-0.2, 0) is 6.61 Å². The molecule has 3 aromatic heterocycles. The molecule has 0 bridgehead atoms. The third-order valence-corrected chi connectivity index (χ3v) is 3.94. The van der Waals surface area contributed by atoms with Gasteiger partial charge in [0.05, 0.1) is 0 Å². The Morgan fingerprint density at radius 3 is 2.89 bits per heavy atom. The predicted octanol–water partition coefficient (Wildman–Crippen LogP) is 3.40. The Kier molecular flexibility index (Phi) is 4.68. The number of anilines is 2. The lowest BCUT2D eigenvalue weighted by atomic mass is 10.3. The smallest absolute Gasteiger partial charge is 0.406 e. The van der Waals surface area contributed by atoms with Crippen molar-refractivity contribution in [2.24, 2.45) is 0 Å². The molecule has 11 heteroatoms. The van der Waals surface area contributed by atoms with Crippen LogP contribution in [0, 0.1) is 10.1 Å². The van der Waals surface area contributed by atoms with Crippen molar-refractivity contribution in [3.8, 4) is 5.75 Å². The van der Waals surface area contributed by atoms with Crippen LogP contribution in [0.3, 0.4) is 0 Å². The summed E-state index contributed by atoms with van der Waals surface area (Å²) < 4.78 is 7.01. The molecule has 1 N–H and O–H groups in total. The Balaban J connectivity index is 1.57. The number of benzene rings is 1. The van der Waals surface area contributed by atoms with Crippen LogP contribution in [0.25, 0.3) is 5.65 Å². The van der Waals surface area contributed by atoms with E-state index >= 15 is 0 Å². The fourth-order valence-corrected chi connectivity index (χ4v) is 2.67. The molecule has 0 saturated carbocycles. The minimum Gasteiger partial charge on any atom is -0.477 e. The maximum absolute atomic E-state index is 11.0. The first-order chi connectivity index (χ1) is 13.6. The normalized spacial score (nSPS) is 10.8. The molecule has 10 nitrogen and oxygen atoms in total. The monoisotopic (exact) mass is 397 g/mol. The highest BCUT2D eigenvalue weighted by atomic mass is 35.5. The molecule has 28 heavy (non-hydrogen) atoms. The lowest BCUT2D eigenvalue weighted by Gasteiger charge is -2.07. The van der Waals surface area contributed by atoms with Crippen LogP contribution < -0.4 is 10.1 Å². The maximum Gasteiger partial charge on any atom is 0.406 e.